The Hall–Kier alpha value is -2.50. The van der Waals surface area contributed by atoms with Gasteiger partial charge in [-0.15, -0.1) is 0 Å². The molecule has 1 aromatic heterocycles. The molecule has 0 saturated carbocycles. The molecule has 6 nitrogen and oxygen atoms in total. The number of amides is 1. The Kier molecular flexibility index (Phi) is 3.98. The lowest BCUT2D eigenvalue weighted by molar-refractivity contribution is 0.121. The van der Waals surface area contributed by atoms with Crippen LogP contribution >= 0.6 is 0 Å². The van der Waals surface area contributed by atoms with Crippen LogP contribution in [0.4, 0.5) is 10.5 Å². The van der Waals surface area contributed by atoms with E-state index in [0.717, 1.165) is 23.9 Å². The van der Waals surface area contributed by atoms with Crippen molar-refractivity contribution in [2.24, 2.45) is 0 Å². The van der Waals surface area contributed by atoms with Crippen LogP contribution in [0.25, 0.3) is 10.8 Å². The molecule has 0 radical (unpaired) electrons. The molecule has 0 bridgehead atoms. The summed E-state index contributed by atoms with van der Waals surface area (Å²) in [6.45, 7) is 0.914. The average Bonchev–Trinajstić information content (AvgIpc) is 2.55. The van der Waals surface area contributed by atoms with Crippen molar-refractivity contribution in [2.75, 3.05) is 32.1 Å². The van der Waals surface area contributed by atoms with Gasteiger partial charge in [0.15, 0.2) is 0 Å². The highest BCUT2D eigenvalue weighted by Gasteiger charge is 2.25. The lowest BCUT2D eigenvalue weighted by atomic mass is 10.0. The largest absolute Gasteiger partial charge is 0.465 e. The Morgan fingerprint density at radius 2 is 2.09 bits per heavy atom. The number of benzene rings is 1. The SMILES string of the molecule is CN(C)c1ccc2c(=O)n([C@@H]3CCCN(C(=O)O)C3)ccc2c1. The molecule has 1 aromatic carbocycles. The zero-order valence-electron chi connectivity index (χ0n) is 13.4. The molecule has 1 aliphatic rings. The maximum Gasteiger partial charge on any atom is 0.407 e. The molecule has 1 atom stereocenters. The number of anilines is 1. The number of piperidine rings is 1. The molecule has 0 spiro atoms. The van der Waals surface area contributed by atoms with Crippen molar-refractivity contribution in [3.05, 3.63) is 40.8 Å². The normalized spacial score (nSPS) is 18.2. The highest BCUT2D eigenvalue weighted by molar-refractivity contribution is 5.85. The van der Waals surface area contributed by atoms with Crippen LogP contribution in [-0.4, -0.2) is 47.9 Å². The summed E-state index contributed by atoms with van der Waals surface area (Å²) < 4.78 is 1.69. The second-order valence-electron chi connectivity index (χ2n) is 6.22. The maximum atomic E-state index is 12.8. The fourth-order valence-corrected chi connectivity index (χ4v) is 3.17. The minimum Gasteiger partial charge on any atom is -0.465 e. The number of pyridine rings is 1. The minimum atomic E-state index is -0.917. The van der Waals surface area contributed by atoms with Crippen LogP contribution in [0.3, 0.4) is 0 Å². The number of carboxylic acid groups (broad SMARTS) is 1. The third kappa shape index (κ3) is 2.88. The summed E-state index contributed by atoms with van der Waals surface area (Å²) in [6.07, 6.45) is 2.48. The average molecular weight is 315 g/mol. The van der Waals surface area contributed by atoms with E-state index in [2.05, 4.69) is 0 Å². The van der Waals surface area contributed by atoms with Crippen LogP contribution in [0.15, 0.2) is 35.3 Å². The molecular formula is C17H21N3O3. The van der Waals surface area contributed by atoms with Crippen molar-refractivity contribution in [2.45, 2.75) is 18.9 Å². The van der Waals surface area contributed by atoms with Crippen molar-refractivity contribution >= 4 is 22.6 Å². The summed E-state index contributed by atoms with van der Waals surface area (Å²) in [5, 5.41) is 10.7. The van der Waals surface area contributed by atoms with Gasteiger partial charge in [-0.1, -0.05) is 0 Å². The molecule has 1 N–H and O–H groups in total. The summed E-state index contributed by atoms with van der Waals surface area (Å²) in [4.78, 5) is 27.3. The van der Waals surface area contributed by atoms with Crippen LogP contribution in [-0.2, 0) is 0 Å². The van der Waals surface area contributed by atoms with E-state index >= 15 is 0 Å². The molecule has 1 aliphatic heterocycles. The minimum absolute atomic E-state index is 0.0509. The number of likely N-dealkylation sites (tertiary alicyclic amines) is 1. The lowest BCUT2D eigenvalue weighted by Gasteiger charge is -2.31. The van der Waals surface area contributed by atoms with Gasteiger partial charge in [0, 0.05) is 44.5 Å². The number of aromatic nitrogens is 1. The first-order valence-electron chi connectivity index (χ1n) is 7.77. The van der Waals surface area contributed by atoms with Gasteiger partial charge in [0.25, 0.3) is 5.56 Å². The van der Waals surface area contributed by atoms with Crippen molar-refractivity contribution < 1.29 is 9.90 Å². The number of hydrogen-bond acceptors (Lipinski definition) is 3. The highest BCUT2D eigenvalue weighted by Crippen LogP contribution is 2.23. The van der Waals surface area contributed by atoms with E-state index in [1.54, 1.807) is 10.8 Å². The van der Waals surface area contributed by atoms with Crippen molar-refractivity contribution in [1.82, 2.24) is 9.47 Å². The molecule has 1 fully saturated rings. The van der Waals surface area contributed by atoms with Crippen LogP contribution in [0, 0.1) is 0 Å². The number of fused-ring (bicyclic) bond motifs is 1. The third-order valence-electron chi connectivity index (χ3n) is 4.49. The summed E-state index contributed by atoms with van der Waals surface area (Å²) in [5.74, 6) is 0. The zero-order valence-corrected chi connectivity index (χ0v) is 13.4. The topological polar surface area (TPSA) is 65.8 Å². The van der Waals surface area contributed by atoms with Crippen LogP contribution in [0.1, 0.15) is 18.9 Å². The predicted molar refractivity (Wildman–Crippen MR) is 90.4 cm³/mol. The van der Waals surface area contributed by atoms with Gasteiger partial charge in [0.05, 0.1) is 6.04 Å². The van der Waals surface area contributed by atoms with E-state index in [9.17, 15) is 9.59 Å². The second-order valence-corrected chi connectivity index (χ2v) is 6.22. The molecule has 122 valence electrons. The predicted octanol–water partition coefficient (Wildman–Crippen LogP) is 2.38. The second kappa shape index (κ2) is 5.95. The first-order chi connectivity index (χ1) is 11.0. The van der Waals surface area contributed by atoms with Crippen molar-refractivity contribution in [3.63, 3.8) is 0 Å². The highest BCUT2D eigenvalue weighted by atomic mass is 16.4. The fraction of sp³-hybridized carbons (Fsp3) is 0.412. The van der Waals surface area contributed by atoms with E-state index in [-0.39, 0.29) is 11.6 Å². The lowest BCUT2D eigenvalue weighted by Crippen LogP contribution is -2.42. The number of hydrogen-bond donors (Lipinski definition) is 1. The standard InChI is InChI=1S/C17H21N3O3/c1-18(2)13-5-6-15-12(10-13)7-9-20(16(15)21)14-4-3-8-19(11-14)17(22)23/h5-7,9-10,14H,3-4,8,11H2,1-2H3,(H,22,23)/t14-/m1/s1. The monoisotopic (exact) mass is 315 g/mol. The quantitative estimate of drug-likeness (QED) is 0.924. The van der Waals surface area contributed by atoms with Gasteiger partial charge < -0.3 is 19.5 Å². The number of rotatable bonds is 2. The first-order valence-corrected chi connectivity index (χ1v) is 7.77. The molecular weight excluding hydrogens is 294 g/mol. The molecule has 1 saturated heterocycles. The zero-order chi connectivity index (χ0) is 16.6. The number of nitrogens with zero attached hydrogens (tertiary/aromatic N) is 3. The Labute approximate surface area is 134 Å². The molecule has 0 aliphatic carbocycles. The van der Waals surface area contributed by atoms with Gasteiger partial charge in [-0.05, 0) is 42.5 Å². The van der Waals surface area contributed by atoms with E-state index in [0.29, 0.717) is 18.5 Å². The summed E-state index contributed by atoms with van der Waals surface area (Å²) in [5.41, 5.74) is 0.995. The Balaban J connectivity index is 1.99. The van der Waals surface area contributed by atoms with Crippen LogP contribution in [0.2, 0.25) is 0 Å². The van der Waals surface area contributed by atoms with Crippen LogP contribution in [0.5, 0.6) is 0 Å². The third-order valence-corrected chi connectivity index (χ3v) is 4.49. The molecule has 0 unspecified atom stereocenters. The molecule has 3 rings (SSSR count). The molecule has 1 amide bonds. The maximum absolute atomic E-state index is 12.8. The van der Waals surface area contributed by atoms with E-state index < -0.39 is 6.09 Å². The fourth-order valence-electron chi connectivity index (χ4n) is 3.17. The Morgan fingerprint density at radius 1 is 1.30 bits per heavy atom. The first kappa shape index (κ1) is 15.4. The van der Waals surface area contributed by atoms with Crippen molar-refractivity contribution in [1.29, 1.82) is 0 Å². The smallest absolute Gasteiger partial charge is 0.407 e. The van der Waals surface area contributed by atoms with Gasteiger partial charge in [0.1, 0.15) is 0 Å². The Morgan fingerprint density at radius 3 is 2.78 bits per heavy atom. The molecule has 23 heavy (non-hydrogen) atoms. The number of carbonyl (C=O) groups is 1. The van der Waals surface area contributed by atoms with Crippen molar-refractivity contribution in [3.8, 4) is 0 Å². The van der Waals surface area contributed by atoms with E-state index in [1.165, 1.54) is 4.90 Å². The summed E-state index contributed by atoms with van der Waals surface area (Å²) in [6, 6.07) is 7.61. The van der Waals surface area contributed by atoms with E-state index in [4.69, 9.17) is 5.11 Å². The van der Waals surface area contributed by atoms with E-state index in [1.807, 2.05) is 43.3 Å². The molecule has 6 heteroatoms. The van der Waals surface area contributed by atoms with Gasteiger partial charge >= 0.3 is 6.09 Å². The summed E-state index contributed by atoms with van der Waals surface area (Å²) >= 11 is 0. The van der Waals surface area contributed by atoms with Gasteiger partial charge in [-0.2, -0.15) is 0 Å². The van der Waals surface area contributed by atoms with Crippen LogP contribution < -0.4 is 10.5 Å². The van der Waals surface area contributed by atoms with Gasteiger partial charge in [-0.3, -0.25) is 4.79 Å². The molecule has 2 aromatic rings. The van der Waals surface area contributed by atoms with Gasteiger partial charge in [-0.25, -0.2) is 4.79 Å². The molecule has 2 heterocycles. The summed E-state index contributed by atoms with van der Waals surface area (Å²) in [7, 11) is 3.93. The Bertz CT molecular complexity index is 797. The van der Waals surface area contributed by atoms with Gasteiger partial charge in [0.2, 0.25) is 0 Å².